The third kappa shape index (κ3) is 8.80. The molecule has 6 atom stereocenters. The Bertz CT molecular complexity index is 1240. The van der Waals surface area contributed by atoms with Gasteiger partial charge in [-0.05, 0) is 22.6 Å². The van der Waals surface area contributed by atoms with Crippen molar-refractivity contribution in [2.24, 2.45) is 0 Å². The summed E-state index contributed by atoms with van der Waals surface area (Å²) in [7, 11) is -17.0. The first kappa shape index (κ1) is 32.6. The van der Waals surface area contributed by atoms with E-state index in [-0.39, 0.29) is 12.1 Å². The van der Waals surface area contributed by atoms with Crippen molar-refractivity contribution >= 4 is 52.1 Å². The van der Waals surface area contributed by atoms with Crippen LogP contribution in [0.2, 0.25) is 0 Å². The second kappa shape index (κ2) is 12.1. The number of urea groups is 1. The topological polar surface area (TPSA) is 233 Å². The van der Waals surface area contributed by atoms with Crippen molar-refractivity contribution in [3.05, 3.63) is 45.7 Å². The zero-order chi connectivity index (χ0) is 29.4. The van der Waals surface area contributed by atoms with Crippen molar-refractivity contribution in [1.82, 2.24) is 9.80 Å². The Morgan fingerprint density at radius 3 is 2.23 bits per heavy atom. The number of carbonyl (C=O) groups is 1. The summed E-state index contributed by atoms with van der Waals surface area (Å²) < 4.78 is 81.0. The highest BCUT2D eigenvalue weighted by Gasteiger charge is 2.50. The number of nitrogens with zero attached hydrogens (tertiary/aromatic N) is 2. The quantitative estimate of drug-likeness (QED) is 0.140. The highest BCUT2D eigenvalue weighted by molar-refractivity contribution is 14.1. The molecule has 2 aliphatic rings. The fourth-order valence-electron chi connectivity index (χ4n) is 3.55. The van der Waals surface area contributed by atoms with Gasteiger partial charge in [-0.1, -0.05) is 30.3 Å². The predicted octanol–water partition coefficient (Wildman–Crippen LogP) is 1.58. The van der Waals surface area contributed by atoms with E-state index in [4.69, 9.17) is 14.5 Å². The summed E-state index contributed by atoms with van der Waals surface area (Å²) in [4.78, 5) is 50.4. The lowest BCUT2D eigenvalue weighted by Crippen LogP contribution is -2.54. The van der Waals surface area contributed by atoms with Gasteiger partial charge < -0.3 is 39.4 Å². The smallest absolute Gasteiger partial charge is 0.387 e. The summed E-state index contributed by atoms with van der Waals surface area (Å²) in [5.41, 5.74) is -0.340. The number of halogens is 3. The van der Waals surface area contributed by atoms with Gasteiger partial charge in [-0.3, -0.25) is 9.42 Å². The van der Waals surface area contributed by atoms with Gasteiger partial charge in [0, 0.05) is 15.3 Å². The van der Waals surface area contributed by atoms with Crippen LogP contribution in [0.3, 0.4) is 0 Å². The molecule has 16 nitrogen and oxygen atoms in total. The SMILES string of the molecule is O=C1N(CC(F)(F)c2ccccc2)CC(I)=CN1[C@@H]1O[C@H](COP(=O)(O)OP(=O)(O)OP(=O)(O)O)[C@H](O)[C@@H]1O. The second-order valence-corrected chi connectivity index (χ2v) is 13.9. The molecule has 2 aliphatic heterocycles. The molecule has 1 fully saturated rings. The summed E-state index contributed by atoms with van der Waals surface area (Å²) >= 11 is 1.77. The maximum Gasteiger partial charge on any atom is 0.490 e. The average Bonchev–Trinajstić information content (AvgIpc) is 3.06. The highest BCUT2D eigenvalue weighted by Crippen LogP contribution is 2.66. The van der Waals surface area contributed by atoms with Crippen molar-refractivity contribution in [3.63, 3.8) is 0 Å². The van der Waals surface area contributed by atoms with E-state index in [9.17, 15) is 47.3 Å². The number of carbonyl (C=O) groups excluding carboxylic acids is 1. The minimum absolute atomic E-state index is 0.195. The fourth-order valence-corrected chi connectivity index (χ4v) is 7.29. The van der Waals surface area contributed by atoms with Crippen molar-refractivity contribution in [2.75, 3.05) is 19.7 Å². The first-order chi connectivity index (χ1) is 17.8. The largest absolute Gasteiger partial charge is 0.490 e. The number of phosphoric ester groups is 1. The molecule has 1 saturated heterocycles. The van der Waals surface area contributed by atoms with Crippen LogP contribution in [0.4, 0.5) is 13.6 Å². The molecule has 3 rings (SSSR count). The van der Waals surface area contributed by atoms with Gasteiger partial charge in [-0.2, -0.15) is 17.4 Å². The number of benzene rings is 1. The van der Waals surface area contributed by atoms with E-state index in [0.717, 1.165) is 9.80 Å². The first-order valence-electron chi connectivity index (χ1n) is 10.5. The maximum absolute atomic E-state index is 14.8. The number of amides is 2. The van der Waals surface area contributed by atoms with Gasteiger partial charge in [0.05, 0.1) is 19.7 Å². The van der Waals surface area contributed by atoms with Crippen LogP contribution in [0.5, 0.6) is 0 Å². The molecule has 0 aliphatic carbocycles. The van der Waals surface area contributed by atoms with E-state index in [1.165, 1.54) is 30.5 Å². The molecule has 0 aromatic heterocycles. The molecular formula is C17H22F2IN2O14P3. The molecule has 2 amide bonds. The molecule has 2 heterocycles. The standard InChI is InChI=1S/C17H22F2IN2O14P3/c18-17(19,10-4-2-1-3-5-10)9-21-6-11(20)7-22(16(21)25)15-14(24)13(23)12(34-15)8-33-38(29,30)36-39(31,32)35-37(26,27)28/h1-5,7,12-15,23-24H,6,8-9H2,(H,29,30)(H,31,32)(H2,26,27,28)/t12-,13+,14+,15-/m1/s1. The summed E-state index contributed by atoms with van der Waals surface area (Å²) in [5, 5.41) is 20.7. The van der Waals surface area contributed by atoms with Crippen molar-refractivity contribution in [1.29, 1.82) is 0 Å². The van der Waals surface area contributed by atoms with Gasteiger partial charge >= 0.3 is 29.5 Å². The first-order valence-corrected chi connectivity index (χ1v) is 16.1. The van der Waals surface area contributed by atoms with Gasteiger partial charge in [-0.25, -0.2) is 18.5 Å². The number of ether oxygens (including phenoxy) is 1. The lowest BCUT2D eigenvalue weighted by molar-refractivity contribution is -0.0760. The Labute approximate surface area is 232 Å². The number of hydrogen-bond acceptors (Lipinski definition) is 10. The van der Waals surface area contributed by atoms with Crippen molar-refractivity contribution in [2.45, 2.75) is 30.5 Å². The van der Waals surface area contributed by atoms with Crippen LogP contribution < -0.4 is 0 Å². The minimum atomic E-state index is -5.80. The second-order valence-electron chi connectivity index (χ2n) is 8.13. The van der Waals surface area contributed by atoms with Crippen LogP contribution in [0, 0.1) is 0 Å². The number of hydrogen-bond donors (Lipinski definition) is 6. The maximum atomic E-state index is 14.8. The zero-order valence-corrected chi connectivity index (χ0v) is 24.1. The Morgan fingerprint density at radius 2 is 1.64 bits per heavy atom. The van der Waals surface area contributed by atoms with Crippen LogP contribution >= 0.6 is 46.1 Å². The number of phosphoric acid groups is 3. The van der Waals surface area contributed by atoms with E-state index < -0.39 is 73.1 Å². The van der Waals surface area contributed by atoms with Crippen LogP contribution in [0.25, 0.3) is 0 Å². The molecule has 1 aromatic rings. The van der Waals surface area contributed by atoms with Crippen LogP contribution in [-0.2, 0) is 37.5 Å². The summed E-state index contributed by atoms with van der Waals surface area (Å²) in [6.45, 7) is -2.34. The lowest BCUT2D eigenvalue weighted by Gasteiger charge is -2.38. The van der Waals surface area contributed by atoms with Crippen molar-refractivity contribution in [3.8, 4) is 0 Å². The molecule has 0 saturated carbocycles. The Balaban J connectivity index is 1.68. The summed E-state index contributed by atoms with van der Waals surface area (Å²) in [6.07, 6.45) is -5.93. The van der Waals surface area contributed by atoms with E-state index >= 15 is 0 Å². The molecule has 6 N–H and O–H groups in total. The van der Waals surface area contributed by atoms with E-state index in [2.05, 4.69) is 13.1 Å². The van der Waals surface area contributed by atoms with Gasteiger partial charge in [0.1, 0.15) is 18.3 Å². The van der Waals surface area contributed by atoms with E-state index in [1.807, 2.05) is 0 Å². The van der Waals surface area contributed by atoms with E-state index in [1.54, 1.807) is 28.7 Å². The molecule has 0 bridgehead atoms. The predicted molar refractivity (Wildman–Crippen MR) is 132 cm³/mol. The number of alkyl halides is 2. The molecule has 2 unspecified atom stereocenters. The Morgan fingerprint density at radius 1 is 1.03 bits per heavy atom. The number of aliphatic hydroxyl groups is 2. The molecule has 1 aromatic carbocycles. The number of rotatable bonds is 11. The van der Waals surface area contributed by atoms with Gasteiger partial charge in [0.2, 0.25) is 0 Å². The van der Waals surface area contributed by atoms with Crippen molar-refractivity contribution < 1.29 is 74.9 Å². The summed E-state index contributed by atoms with van der Waals surface area (Å²) in [6, 6.07) is 5.72. The third-order valence-electron chi connectivity index (χ3n) is 5.13. The van der Waals surface area contributed by atoms with Gasteiger partial charge in [-0.15, -0.1) is 0 Å². The van der Waals surface area contributed by atoms with Crippen LogP contribution in [-0.4, -0.2) is 89.9 Å². The fraction of sp³-hybridized carbons (Fsp3) is 0.471. The average molecular weight is 736 g/mol. The summed E-state index contributed by atoms with van der Waals surface area (Å²) in [5.74, 6) is -3.44. The van der Waals surface area contributed by atoms with Gasteiger partial charge in [0.15, 0.2) is 6.23 Å². The monoisotopic (exact) mass is 736 g/mol. The molecular weight excluding hydrogens is 714 g/mol. The normalized spacial score (nSPS) is 27.7. The van der Waals surface area contributed by atoms with Crippen LogP contribution in [0.1, 0.15) is 5.56 Å². The Kier molecular flexibility index (Phi) is 10.2. The zero-order valence-electron chi connectivity index (χ0n) is 19.2. The highest BCUT2D eigenvalue weighted by atomic mass is 127. The van der Waals surface area contributed by atoms with E-state index in [0.29, 0.717) is 3.58 Å². The molecule has 220 valence electrons. The molecule has 39 heavy (non-hydrogen) atoms. The third-order valence-corrected chi connectivity index (χ3v) is 9.55. The lowest BCUT2D eigenvalue weighted by atomic mass is 10.1. The molecule has 0 radical (unpaired) electrons. The molecule has 0 spiro atoms. The van der Waals surface area contributed by atoms with Gasteiger partial charge in [0.25, 0.3) is 5.92 Å². The van der Waals surface area contributed by atoms with Crippen LogP contribution in [0.15, 0.2) is 40.1 Å². The number of aliphatic hydroxyl groups excluding tert-OH is 2. The Hall–Kier alpha value is -0.890. The molecule has 22 heteroatoms. The minimum Gasteiger partial charge on any atom is -0.387 e.